The lowest BCUT2D eigenvalue weighted by atomic mass is 9.90. The van der Waals surface area contributed by atoms with E-state index in [1.807, 2.05) is 12.1 Å². The molecule has 3 aromatic rings. The second kappa shape index (κ2) is 5.78. The smallest absolute Gasteiger partial charge is 0.134 e. The predicted octanol–water partition coefficient (Wildman–Crippen LogP) is 6.43. The van der Waals surface area contributed by atoms with E-state index < -0.39 is 0 Å². The zero-order chi connectivity index (χ0) is 16.6. The van der Waals surface area contributed by atoms with Crippen LogP contribution in [0.4, 0.5) is 0 Å². The molecule has 0 saturated heterocycles. The SMILES string of the molecule is C1=CC2=C(C=C(c3cc4ccccc4o3)C2)C(c2ccccc2)C=C1. The van der Waals surface area contributed by atoms with Crippen LogP contribution in [0.5, 0.6) is 0 Å². The van der Waals surface area contributed by atoms with Gasteiger partial charge < -0.3 is 4.42 Å². The van der Waals surface area contributed by atoms with Gasteiger partial charge in [0.2, 0.25) is 0 Å². The van der Waals surface area contributed by atoms with Gasteiger partial charge in [-0.15, -0.1) is 0 Å². The van der Waals surface area contributed by atoms with Crippen LogP contribution >= 0.6 is 0 Å². The van der Waals surface area contributed by atoms with Crippen molar-refractivity contribution in [3.05, 3.63) is 114 Å². The van der Waals surface area contributed by atoms with Gasteiger partial charge in [-0.25, -0.2) is 0 Å². The monoisotopic (exact) mass is 322 g/mol. The quantitative estimate of drug-likeness (QED) is 0.530. The number of rotatable bonds is 2. The molecule has 1 aromatic heterocycles. The van der Waals surface area contributed by atoms with Crippen molar-refractivity contribution in [2.45, 2.75) is 12.3 Å². The van der Waals surface area contributed by atoms with E-state index in [0.717, 1.165) is 23.2 Å². The second-order valence-electron chi connectivity index (χ2n) is 6.61. The minimum Gasteiger partial charge on any atom is -0.456 e. The van der Waals surface area contributed by atoms with Gasteiger partial charge in [0, 0.05) is 17.7 Å². The Kier molecular flexibility index (Phi) is 3.31. The molecule has 2 aromatic carbocycles. The van der Waals surface area contributed by atoms with Crippen molar-refractivity contribution < 1.29 is 4.42 Å². The molecule has 0 saturated carbocycles. The van der Waals surface area contributed by atoms with Gasteiger partial charge in [-0.2, -0.15) is 0 Å². The molecule has 0 radical (unpaired) electrons. The molecule has 2 aliphatic rings. The van der Waals surface area contributed by atoms with Gasteiger partial charge in [0.05, 0.1) is 0 Å². The highest BCUT2D eigenvalue weighted by Gasteiger charge is 2.24. The molecule has 0 fully saturated rings. The molecular formula is C24H18O. The van der Waals surface area contributed by atoms with E-state index in [9.17, 15) is 0 Å². The Hall–Kier alpha value is -3.06. The molecule has 5 rings (SSSR count). The van der Waals surface area contributed by atoms with E-state index in [0.29, 0.717) is 5.92 Å². The third-order valence-electron chi connectivity index (χ3n) is 5.03. The minimum atomic E-state index is 0.299. The summed E-state index contributed by atoms with van der Waals surface area (Å²) in [5.41, 5.74) is 6.32. The van der Waals surface area contributed by atoms with E-state index in [1.165, 1.54) is 22.3 Å². The third-order valence-corrected chi connectivity index (χ3v) is 5.03. The molecule has 1 heteroatoms. The maximum absolute atomic E-state index is 6.09. The predicted molar refractivity (Wildman–Crippen MR) is 103 cm³/mol. The molecular weight excluding hydrogens is 304 g/mol. The molecule has 1 atom stereocenters. The van der Waals surface area contributed by atoms with E-state index >= 15 is 0 Å². The highest BCUT2D eigenvalue weighted by Crippen LogP contribution is 2.42. The maximum atomic E-state index is 6.09. The molecule has 0 bridgehead atoms. The van der Waals surface area contributed by atoms with Crippen molar-refractivity contribution in [3.63, 3.8) is 0 Å². The average Bonchev–Trinajstić information content (AvgIpc) is 3.22. The Morgan fingerprint density at radius 3 is 2.60 bits per heavy atom. The molecule has 2 aliphatic carbocycles. The van der Waals surface area contributed by atoms with Gasteiger partial charge in [0.25, 0.3) is 0 Å². The first-order valence-corrected chi connectivity index (χ1v) is 8.71. The van der Waals surface area contributed by atoms with Gasteiger partial charge in [-0.1, -0.05) is 78.9 Å². The third kappa shape index (κ3) is 2.49. The lowest BCUT2D eigenvalue weighted by molar-refractivity contribution is 0.598. The Morgan fingerprint density at radius 1 is 0.880 bits per heavy atom. The van der Waals surface area contributed by atoms with Gasteiger partial charge in [-0.05, 0) is 34.4 Å². The number of hydrogen-bond acceptors (Lipinski definition) is 1. The molecule has 120 valence electrons. The summed E-state index contributed by atoms with van der Waals surface area (Å²) in [4.78, 5) is 0. The van der Waals surface area contributed by atoms with Crippen LogP contribution < -0.4 is 0 Å². The Bertz CT molecular complexity index is 1020. The average molecular weight is 322 g/mol. The fourth-order valence-electron chi connectivity index (χ4n) is 3.78. The summed E-state index contributed by atoms with van der Waals surface area (Å²) < 4.78 is 6.09. The zero-order valence-corrected chi connectivity index (χ0v) is 13.9. The topological polar surface area (TPSA) is 13.1 Å². The number of benzene rings is 2. The van der Waals surface area contributed by atoms with Crippen molar-refractivity contribution in [2.24, 2.45) is 0 Å². The molecule has 0 amide bonds. The zero-order valence-electron chi connectivity index (χ0n) is 13.9. The van der Waals surface area contributed by atoms with Crippen LogP contribution in [0.15, 0.2) is 107 Å². The van der Waals surface area contributed by atoms with Crippen LogP contribution in [-0.4, -0.2) is 0 Å². The van der Waals surface area contributed by atoms with Crippen LogP contribution in [0.25, 0.3) is 16.5 Å². The van der Waals surface area contributed by atoms with E-state index in [1.54, 1.807) is 0 Å². The Morgan fingerprint density at radius 2 is 1.72 bits per heavy atom. The summed E-state index contributed by atoms with van der Waals surface area (Å²) in [5.74, 6) is 1.28. The fourth-order valence-corrected chi connectivity index (χ4v) is 3.78. The summed E-state index contributed by atoms with van der Waals surface area (Å²) in [5, 5.41) is 1.16. The molecule has 1 heterocycles. The summed E-state index contributed by atoms with van der Waals surface area (Å²) >= 11 is 0. The first-order chi connectivity index (χ1) is 12.4. The fraction of sp³-hybridized carbons (Fsp3) is 0.0833. The van der Waals surface area contributed by atoms with Gasteiger partial charge >= 0.3 is 0 Å². The lowest BCUT2D eigenvalue weighted by Crippen LogP contribution is -1.97. The second-order valence-corrected chi connectivity index (χ2v) is 6.61. The van der Waals surface area contributed by atoms with Crippen LogP contribution in [-0.2, 0) is 0 Å². The van der Waals surface area contributed by atoms with Crippen molar-refractivity contribution in [1.82, 2.24) is 0 Å². The molecule has 0 spiro atoms. The van der Waals surface area contributed by atoms with Gasteiger partial charge in [0.15, 0.2) is 0 Å². The summed E-state index contributed by atoms with van der Waals surface area (Å²) in [7, 11) is 0. The van der Waals surface area contributed by atoms with Crippen LogP contribution in [0, 0.1) is 0 Å². The maximum Gasteiger partial charge on any atom is 0.134 e. The van der Waals surface area contributed by atoms with E-state index in [2.05, 4.69) is 78.9 Å². The van der Waals surface area contributed by atoms with Crippen LogP contribution in [0.1, 0.15) is 23.7 Å². The summed E-state index contributed by atoms with van der Waals surface area (Å²) in [6.07, 6.45) is 12.1. The normalized spacial score (nSPS) is 19.2. The van der Waals surface area contributed by atoms with Crippen LogP contribution in [0.3, 0.4) is 0 Å². The summed E-state index contributed by atoms with van der Waals surface area (Å²) in [6, 6.07) is 21.1. The first-order valence-electron chi connectivity index (χ1n) is 8.71. The minimum absolute atomic E-state index is 0.299. The van der Waals surface area contributed by atoms with Crippen molar-refractivity contribution in [3.8, 4) is 0 Å². The first kappa shape index (κ1) is 14.3. The van der Waals surface area contributed by atoms with Crippen LogP contribution in [0.2, 0.25) is 0 Å². The van der Waals surface area contributed by atoms with E-state index in [4.69, 9.17) is 4.42 Å². The van der Waals surface area contributed by atoms with Crippen molar-refractivity contribution in [1.29, 1.82) is 0 Å². The molecule has 0 N–H and O–H groups in total. The Labute approximate surface area is 147 Å². The van der Waals surface area contributed by atoms with Crippen molar-refractivity contribution >= 4 is 16.5 Å². The molecule has 1 unspecified atom stereocenters. The van der Waals surface area contributed by atoms with Crippen molar-refractivity contribution in [2.75, 3.05) is 0 Å². The number of fused-ring (bicyclic) bond motifs is 1. The number of hydrogen-bond donors (Lipinski definition) is 0. The highest BCUT2D eigenvalue weighted by molar-refractivity contribution is 5.84. The highest BCUT2D eigenvalue weighted by atomic mass is 16.3. The standard InChI is InChI=1S/C24H18O/c1-2-8-17(9-3-1)21-12-6-4-10-18-14-20(15-22(18)21)24-16-19-11-5-7-13-23(19)25-24/h1-13,15-16,21H,14H2. The number of allylic oxidation sites excluding steroid dienone is 8. The molecule has 25 heavy (non-hydrogen) atoms. The molecule has 1 nitrogen and oxygen atoms in total. The Balaban J connectivity index is 1.57. The largest absolute Gasteiger partial charge is 0.456 e. The molecule has 0 aliphatic heterocycles. The van der Waals surface area contributed by atoms with Gasteiger partial charge in [-0.3, -0.25) is 0 Å². The number of para-hydroxylation sites is 1. The van der Waals surface area contributed by atoms with E-state index in [-0.39, 0.29) is 0 Å². The lowest BCUT2D eigenvalue weighted by Gasteiger charge is -2.14. The van der Waals surface area contributed by atoms with Gasteiger partial charge in [0.1, 0.15) is 11.3 Å². The number of furan rings is 1. The summed E-state index contributed by atoms with van der Waals surface area (Å²) in [6.45, 7) is 0.